The molecule has 1 aromatic carbocycles. The minimum atomic E-state index is -4.52. The van der Waals surface area contributed by atoms with Crippen molar-refractivity contribution in [1.82, 2.24) is 20.1 Å². The van der Waals surface area contributed by atoms with Crippen molar-refractivity contribution in [2.75, 3.05) is 5.32 Å². The maximum absolute atomic E-state index is 13.5. The van der Waals surface area contributed by atoms with Gasteiger partial charge < -0.3 is 15.6 Å². The molecule has 3 N–H and O–H groups in total. The Bertz CT molecular complexity index is 1170. The molecule has 3 aromatic rings. The molecule has 1 aliphatic heterocycles. The minimum Gasteiger partial charge on any atom is -0.359 e. The minimum absolute atomic E-state index is 0.142. The van der Waals surface area contributed by atoms with E-state index in [1.54, 1.807) is 19.3 Å². The highest BCUT2D eigenvalue weighted by molar-refractivity contribution is 6.12. The number of aliphatic imine (C=N–C) groups is 1. The number of aromatic amines is 1. The van der Waals surface area contributed by atoms with E-state index in [1.807, 2.05) is 20.8 Å². The Kier molecular flexibility index (Phi) is 4.23. The smallest absolute Gasteiger partial charge is 0.359 e. The summed E-state index contributed by atoms with van der Waals surface area (Å²) in [6.07, 6.45) is -1.48. The SMILES string of the molecule is Cn1nc(C2(C(=O)NC(C)(C)C)C=Nc3[nH]ccc3N2)c2cc(C(F)(F)F)ccc21. The largest absolute Gasteiger partial charge is 0.416 e. The second-order valence-corrected chi connectivity index (χ2v) is 8.34. The quantitative estimate of drug-likeness (QED) is 0.591. The van der Waals surface area contributed by atoms with Crippen LogP contribution in [-0.4, -0.2) is 32.4 Å². The zero-order chi connectivity index (χ0) is 21.9. The number of H-pyrrole nitrogens is 1. The van der Waals surface area contributed by atoms with Crippen LogP contribution in [0.2, 0.25) is 0 Å². The summed E-state index contributed by atoms with van der Waals surface area (Å²) in [5, 5.41) is 10.7. The van der Waals surface area contributed by atoms with Gasteiger partial charge in [-0.3, -0.25) is 9.48 Å². The zero-order valence-electron chi connectivity index (χ0n) is 16.8. The van der Waals surface area contributed by atoms with Crippen molar-refractivity contribution in [2.24, 2.45) is 12.0 Å². The van der Waals surface area contributed by atoms with Crippen molar-refractivity contribution < 1.29 is 18.0 Å². The van der Waals surface area contributed by atoms with Crippen molar-refractivity contribution in [3.63, 3.8) is 0 Å². The predicted molar refractivity (Wildman–Crippen MR) is 108 cm³/mol. The molecule has 158 valence electrons. The van der Waals surface area contributed by atoms with Gasteiger partial charge >= 0.3 is 6.18 Å². The van der Waals surface area contributed by atoms with Crippen LogP contribution in [0, 0.1) is 0 Å². The number of benzene rings is 1. The standard InChI is InChI=1S/C20H21F3N6O/c1-18(2,3)27-17(30)19(10-25-16-13(26-19)7-8-24-16)15-12-9-11(20(21,22)23)5-6-14(12)29(4)28-15/h5-10,24,26H,1-4H3,(H,27,30). The van der Waals surface area contributed by atoms with E-state index in [0.29, 0.717) is 17.0 Å². The van der Waals surface area contributed by atoms with Crippen LogP contribution < -0.4 is 10.6 Å². The number of carbonyl (C=O) groups is 1. The van der Waals surface area contributed by atoms with Gasteiger partial charge in [-0.05, 0) is 45.0 Å². The van der Waals surface area contributed by atoms with E-state index in [1.165, 1.54) is 17.0 Å². The van der Waals surface area contributed by atoms with Gasteiger partial charge in [-0.1, -0.05) is 0 Å². The van der Waals surface area contributed by atoms with Crippen LogP contribution in [0.15, 0.2) is 35.5 Å². The Morgan fingerprint density at radius 3 is 2.60 bits per heavy atom. The van der Waals surface area contributed by atoms with Gasteiger partial charge in [-0.2, -0.15) is 18.3 Å². The molecule has 0 spiro atoms. The van der Waals surface area contributed by atoms with Gasteiger partial charge in [0.05, 0.1) is 16.8 Å². The zero-order valence-corrected chi connectivity index (χ0v) is 16.8. The van der Waals surface area contributed by atoms with Crippen molar-refractivity contribution >= 4 is 34.5 Å². The Morgan fingerprint density at radius 2 is 1.93 bits per heavy atom. The van der Waals surface area contributed by atoms with Crippen LogP contribution in [0.25, 0.3) is 10.9 Å². The number of nitrogens with one attached hydrogen (secondary N) is 3. The molecule has 30 heavy (non-hydrogen) atoms. The fourth-order valence-electron chi connectivity index (χ4n) is 3.49. The van der Waals surface area contributed by atoms with Crippen molar-refractivity contribution in [1.29, 1.82) is 0 Å². The number of fused-ring (bicyclic) bond motifs is 2. The number of aromatic nitrogens is 3. The summed E-state index contributed by atoms with van der Waals surface area (Å²) < 4.78 is 41.6. The van der Waals surface area contributed by atoms with E-state index in [4.69, 9.17) is 0 Å². The summed E-state index contributed by atoms with van der Waals surface area (Å²) >= 11 is 0. The number of anilines is 1. The lowest BCUT2D eigenvalue weighted by Gasteiger charge is -2.34. The first-order valence-corrected chi connectivity index (χ1v) is 9.28. The Labute approximate surface area is 170 Å². The molecular weight excluding hydrogens is 397 g/mol. The first-order valence-electron chi connectivity index (χ1n) is 9.28. The summed E-state index contributed by atoms with van der Waals surface area (Å²) in [4.78, 5) is 20.7. The maximum atomic E-state index is 13.5. The fraction of sp³-hybridized carbons (Fsp3) is 0.350. The highest BCUT2D eigenvalue weighted by Gasteiger charge is 2.46. The molecule has 0 saturated heterocycles. The van der Waals surface area contributed by atoms with Gasteiger partial charge in [-0.15, -0.1) is 0 Å². The summed E-state index contributed by atoms with van der Waals surface area (Å²) in [6.45, 7) is 5.45. The second-order valence-electron chi connectivity index (χ2n) is 8.34. The number of hydrogen-bond acceptors (Lipinski definition) is 4. The number of nitrogens with zero attached hydrogens (tertiary/aromatic N) is 3. The molecule has 1 amide bonds. The van der Waals surface area contributed by atoms with Crippen LogP contribution in [-0.2, 0) is 23.6 Å². The molecule has 4 rings (SSSR count). The summed E-state index contributed by atoms with van der Waals surface area (Å²) in [6, 6.07) is 5.08. The number of amides is 1. The predicted octanol–water partition coefficient (Wildman–Crippen LogP) is 3.86. The summed E-state index contributed by atoms with van der Waals surface area (Å²) in [7, 11) is 1.62. The molecule has 2 aromatic heterocycles. The molecule has 0 aliphatic carbocycles. The van der Waals surface area contributed by atoms with E-state index in [-0.39, 0.29) is 11.1 Å². The third-order valence-electron chi connectivity index (χ3n) is 4.84. The van der Waals surface area contributed by atoms with Crippen molar-refractivity contribution in [3.8, 4) is 0 Å². The number of carbonyl (C=O) groups excluding carboxylic acids is 1. The van der Waals surface area contributed by atoms with E-state index < -0.39 is 28.7 Å². The van der Waals surface area contributed by atoms with Gasteiger partial charge in [0.1, 0.15) is 5.69 Å². The third-order valence-corrected chi connectivity index (χ3v) is 4.84. The Morgan fingerprint density at radius 1 is 1.20 bits per heavy atom. The van der Waals surface area contributed by atoms with Crippen molar-refractivity contribution in [2.45, 2.75) is 38.0 Å². The highest BCUT2D eigenvalue weighted by Crippen LogP contribution is 2.39. The lowest BCUT2D eigenvalue weighted by atomic mass is 9.89. The van der Waals surface area contributed by atoms with Gasteiger partial charge in [0.2, 0.25) is 0 Å². The lowest BCUT2D eigenvalue weighted by Crippen LogP contribution is -2.56. The van der Waals surface area contributed by atoms with Gasteiger partial charge in [0.25, 0.3) is 5.91 Å². The fourth-order valence-corrected chi connectivity index (χ4v) is 3.49. The molecule has 3 heterocycles. The summed E-state index contributed by atoms with van der Waals surface area (Å²) in [5.74, 6) is 0.0495. The molecule has 0 radical (unpaired) electrons. The first-order chi connectivity index (χ1) is 13.9. The monoisotopic (exact) mass is 418 g/mol. The molecule has 1 atom stereocenters. The third kappa shape index (κ3) is 3.21. The van der Waals surface area contributed by atoms with E-state index in [9.17, 15) is 18.0 Å². The number of alkyl halides is 3. The van der Waals surface area contributed by atoms with E-state index in [2.05, 4.69) is 25.7 Å². The van der Waals surface area contributed by atoms with E-state index >= 15 is 0 Å². The van der Waals surface area contributed by atoms with Crippen LogP contribution in [0.1, 0.15) is 32.0 Å². The molecule has 7 nitrogen and oxygen atoms in total. The van der Waals surface area contributed by atoms with Gasteiger partial charge in [0.15, 0.2) is 11.4 Å². The number of aryl methyl sites for hydroxylation is 1. The highest BCUT2D eigenvalue weighted by atomic mass is 19.4. The normalized spacial score (nSPS) is 18.9. The first kappa shape index (κ1) is 20.0. The van der Waals surface area contributed by atoms with Crippen LogP contribution >= 0.6 is 0 Å². The second kappa shape index (κ2) is 6.35. The van der Waals surface area contributed by atoms with Crippen LogP contribution in [0.3, 0.4) is 0 Å². The van der Waals surface area contributed by atoms with Gasteiger partial charge in [0, 0.05) is 30.4 Å². The number of rotatable bonds is 2. The topological polar surface area (TPSA) is 87.1 Å². The molecule has 1 unspecified atom stereocenters. The molecule has 0 bridgehead atoms. The Balaban J connectivity index is 1.96. The molecule has 0 saturated carbocycles. The number of hydrogen-bond donors (Lipinski definition) is 3. The summed E-state index contributed by atoms with van der Waals surface area (Å²) in [5.41, 5.74) is -1.83. The molecule has 0 fully saturated rings. The Hall–Kier alpha value is -3.30. The molecule has 1 aliphatic rings. The van der Waals surface area contributed by atoms with E-state index in [0.717, 1.165) is 12.1 Å². The number of halogens is 3. The average molecular weight is 418 g/mol. The lowest BCUT2D eigenvalue weighted by molar-refractivity contribution is -0.137. The van der Waals surface area contributed by atoms with Crippen LogP contribution in [0.4, 0.5) is 24.7 Å². The van der Waals surface area contributed by atoms with Crippen LogP contribution in [0.5, 0.6) is 0 Å². The molecular formula is C20H21F3N6O. The van der Waals surface area contributed by atoms with Crippen molar-refractivity contribution in [3.05, 3.63) is 41.7 Å². The average Bonchev–Trinajstić information content (AvgIpc) is 3.23. The van der Waals surface area contributed by atoms with Gasteiger partial charge in [-0.25, -0.2) is 4.99 Å². The maximum Gasteiger partial charge on any atom is 0.416 e. The molecule has 10 heteroatoms.